The number of rotatable bonds is 5. The first-order valence-electron chi connectivity index (χ1n) is 5.34. The summed E-state index contributed by atoms with van der Waals surface area (Å²) in [5, 5.41) is 17.7. The zero-order valence-electron chi connectivity index (χ0n) is 10.2. The Balaban J connectivity index is 2.73. The highest BCUT2D eigenvalue weighted by Crippen LogP contribution is 2.19. The summed E-state index contributed by atoms with van der Waals surface area (Å²) in [7, 11) is 1.61. The normalized spacial score (nSPS) is 12.6. The molecule has 1 unspecified atom stereocenters. The summed E-state index contributed by atoms with van der Waals surface area (Å²) >= 11 is 1.22. The molecule has 1 atom stereocenters. The topological polar surface area (TPSA) is 77.8 Å². The van der Waals surface area contributed by atoms with Gasteiger partial charge in [-0.05, 0) is 25.1 Å². The molecule has 0 aromatic carbocycles. The number of carbonyl (C=O) groups is 2. The van der Waals surface area contributed by atoms with Gasteiger partial charge in [-0.15, -0.1) is 11.3 Å². The van der Waals surface area contributed by atoms with Crippen molar-refractivity contribution in [1.29, 1.82) is 0 Å². The van der Waals surface area contributed by atoms with E-state index in [-0.39, 0.29) is 12.5 Å². The van der Waals surface area contributed by atoms with Gasteiger partial charge in [0.05, 0.1) is 11.0 Å². The molecule has 98 valence electrons. The standard InChI is InChI=1S/C12H15NO4S/c1-8(14)7-13(2)12(17)10-5-3-9(18-10)4-6-11(15)16/h3-6,8,14H,7H2,1-2H3,(H,15,16). The number of nitrogens with zero attached hydrogens (tertiary/aromatic N) is 1. The number of hydrogen-bond acceptors (Lipinski definition) is 4. The molecule has 0 aliphatic heterocycles. The van der Waals surface area contributed by atoms with Crippen LogP contribution in [0, 0.1) is 0 Å². The van der Waals surface area contributed by atoms with Crippen molar-refractivity contribution in [3.05, 3.63) is 28.0 Å². The number of aliphatic carboxylic acids is 1. The van der Waals surface area contributed by atoms with E-state index in [0.717, 1.165) is 6.08 Å². The summed E-state index contributed by atoms with van der Waals surface area (Å²) in [6.45, 7) is 1.87. The Morgan fingerprint density at radius 1 is 1.50 bits per heavy atom. The predicted molar refractivity (Wildman–Crippen MR) is 69.6 cm³/mol. The van der Waals surface area contributed by atoms with Gasteiger partial charge in [-0.1, -0.05) is 0 Å². The van der Waals surface area contributed by atoms with Crippen molar-refractivity contribution in [1.82, 2.24) is 4.90 Å². The first-order chi connectivity index (χ1) is 8.40. The van der Waals surface area contributed by atoms with Gasteiger partial charge in [0.2, 0.25) is 0 Å². The van der Waals surface area contributed by atoms with E-state index in [1.165, 1.54) is 22.3 Å². The van der Waals surface area contributed by atoms with E-state index < -0.39 is 12.1 Å². The second-order valence-electron chi connectivity index (χ2n) is 3.91. The first kappa shape index (κ1) is 14.4. The van der Waals surface area contributed by atoms with Crippen molar-refractivity contribution in [2.24, 2.45) is 0 Å². The highest BCUT2D eigenvalue weighted by molar-refractivity contribution is 7.14. The molecular formula is C12H15NO4S. The largest absolute Gasteiger partial charge is 0.478 e. The Bertz CT molecular complexity index is 464. The van der Waals surface area contributed by atoms with Crippen molar-refractivity contribution in [2.45, 2.75) is 13.0 Å². The molecule has 0 aliphatic carbocycles. The number of carboxylic acids is 1. The Kier molecular flexibility index (Phi) is 5.06. The third kappa shape index (κ3) is 4.31. The minimum absolute atomic E-state index is 0.184. The summed E-state index contributed by atoms with van der Waals surface area (Å²) in [5.41, 5.74) is 0. The van der Waals surface area contributed by atoms with Gasteiger partial charge in [0.15, 0.2) is 0 Å². The summed E-state index contributed by atoms with van der Waals surface area (Å²) < 4.78 is 0. The number of carbonyl (C=O) groups excluding carboxylic acids is 1. The molecule has 0 spiro atoms. The lowest BCUT2D eigenvalue weighted by atomic mass is 10.3. The molecule has 1 aromatic heterocycles. The smallest absolute Gasteiger partial charge is 0.328 e. The Labute approximate surface area is 109 Å². The van der Waals surface area contributed by atoms with Gasteiger partial charge < -0.3 is 15.1 Å². The van der Waals surface area contributed by atoms with E-state index in [4.69, 9.17) is 5.11 Å². The third-order valence-electron chi connectivity index (χ3n) is 2.11. The van der Waals surface area contributed by atoms with Gasteiger partial charge >= 0.3 is 5.97 Å². The quantitative estimate of drug-likeness (QED) is 0.790. The Hall–Kier alpha value is -1.66. The fraction of sp³-hybridized carbons (Fsp3) is 0.333. The minimum atomic E-state index is -1.03. The molecular weight excluding hydrogens is 254 g/mol. The van der Waals surface area contributed by atoms with Crippen LogP contribution < -0.4 is 0 Å². The second kappa shape index (κ2) is 6.32. The average Bonchev–Trinajstić information content (AvgIpc) is 2.72. The van der Waals surface area contributed by atoms with Crippen LogP contribution >= 0.6 is 11.3 Å². The molecule has 0 bridgehead atoms. The van der Waals surface area contributed by atoms with Crippen LogP contribution in [0.1, 0.15) is 21.5 Å². The molecule has 0 saturated heterocycles. The van der Waals surface area contributed by atoms with Crippen LogP contribution in [0.15, 0.2) is 18.2 Å². The lowest BCUT2D eigenvalue weighted by Gasteiger charge is -2.17. The number of likely N-dealkylation sites (N-methyl/N-ethyl adjacent to an activating group) is 1. The molecule has 1 heterocycles. The lowest BCUT2D eigenvalue weighted by molar-refractivity contribution is -0.131. The van der Waals surface area contributed by atoms with Crippen molar-refractivity contribution >= 4 is 29.3 Å². The van der Waals surface area contributed by atoms with E-state index in [1.54, 1.807) is 26.1 Å². The van der Waals surface area contributed by atoms with Crippen LogP contribution in [0.3, 0.4) is 0 Å². The van der Waals surface area contributed by atoms with Crippen LogP contribution in [0.5, 0.6) is 0 Å². The van der Waals surface area contributed by atoms with Crippen LogP contribution in [-0.2, 0) is 4.79 Å². The van der Waals surface area contributed by atoms with Crippen LogP contribution in [-0.4, -0.2) is 46.7 Å². The zero-order valence-corrected chi connectivity index (χ0v) is 11.0. The second-order valence-corrected chi connectivity index (χ2v) is 5.02. The van der Waals surface area contributed by atoms with E-state index in [1.807, 2.05) is 0 Å². The minimum Gasteiger partial charge on any atom is -0.478 e. The molecule has 5 nitrogen and oxygen atoms in total. The number of amides is 1. The fourth-order valence-electron chi connectivity index (χ4n) is 1.38. The number of thiophene rings is 1. The molecule has 0 radical (unpaired) electrons. The number of aliphatic hydroxyl groups excluding tert-OH is 1. The van der Waals surface area contributed by atoms with Crippen molar-refractivity contribution in [2.75, 3.05) is 13.6 Å². The summed E-state index contributed by atoms with van der Waals surface area (Å²) in [6, 6.07) is 3.33. The van der Waals surface area contributed by atoms with Crippen molar-refractivity contribution in [3.8, 4) is 0 Å². The summed E-state index contributed by atoms with van der Waals surface area (Å²) in [5.74, 6) is -1.21. The first-order valence-corrected chi connectivity index (χ1v) is 6.16. The Morgan fingerprint density at radius 3 is 2.72 bits per heavy atom. The summed E-state index contributed by atoms with van der Waals surface area (Å²) in [4.78, 5) is 24.9. The number of aliphatic hydroxyl groups is 1. The maximum Gasteiger partial charge on any atom is 0.328 e. The maximum absolute atomic E-state index is 11.9. The van der Waals surface area contributed by atoms with E-state index >= 15 is 0 Å². The molecule has 0 fully saturated rings. The van der Waals surface area contributed by atoms with E-state index in [2.05, 4.69) is 0 Å². The number of carboxylic acid groups (broad SMARTS) is 1. The molecule has 0 aliphatic rings. The molecule has 2 N–H and O–H groups in total. The van der Waals surface area contributed by atoms with Crippen molar-refractivity contribution < 1.29 is 19.8 Å². The maximum atomic E-state index is 11.9. The fourth-order valence-corrected chi connectivity index (χ4v) is 2.28. The van der Waals surface area contributed by atoms with Gasteiger partial charge in [0.1, 0.15) is 0 Å². The molecule has 6 heteroatoms. The van der Waals surface area contributed by atoms with Gasteiger partial charge in [-0.3, -0.25) is 4.79 Å². The monoisotopic (exact) mass is 269 g/mol. The van der Waals surface area contributed by atoms with Crippen LogP contribution in [0.25, 0.3) is 6.08 Å². The van der Waals surface area contributed by atoms with Gasteiger partial charge in [-0.25, -0.2) is 4.79 Å². The highest BCUT2D eigenvalue weighted by Gasteiger charge is 2.15. The van der Waals surface area contributed by atoms with E-state index in [9.17, 15) is 14.7 Å². The van der Waals surface area contributed by atoms with Crippen LogP contribution in [0.4, 0.5) is 0 Å². The van der Waals surface area contributed by atoms with Gasteiger partial charge in [0.25, 0.3) is 5.91 Å². The predicted octanol–water partition coefficient (Wildman–Crippen LogP) is 1.30. The van der Waals surface area contributed by atoms with Gasteiger partial charge in [0, 0.05) is 24.5 Å². The average molecular weight is 269 g/mol. The van der Waals surface area contributed by atoms with Crippen LogP contribution in [0.2, 0.25) is 0 Å². The van der Waals surface area contributed by atoms with E-state index in [0.29, 0.717) is 9.75 Å². The van der Waals surface area contributed by atoms with Gasteiger partial charge in [-0.2, -0.15) is 0 Å². The molecule has 1 aromatic rings. The SMILES string of the molecule is CC(O)CN(C)C(=O)c1ccc(C=CC(=O)O)s1. The molecule has 1 rings (SSSR count). The highest BCUT2D eigenvalue weighted by atomic mass is 32.1. The summed E-state index contributed by atoms with van der Waals surface area (Å²) in [6.07, 6.45) is 1.89. The zero-order chi connectivity index (χ0) is 13.7. The third-order valence-corrected chi connectivity index (χ3v) is 3.15. The Morgan fingerprint density at radius 2 is 2.17 bits per heavy atom. The van der Waals surface area contributed by atoms with Crippen molar-refractivity contribution in [3.63, 3.8) is 0 Å². The lowest BCUT2D eigenvalue weighted by Crippen LogP contribution is -2.32. The molecule has 1 amide bonds. The molecule has 0 saturated carbocycles. The molecule has 18 heavy (non-hydrogen) atoms. The number of hydrogen-bond donors (Lipinski definition) is 2.